The summed E-state index contributed by atoms with van der Waals surface area (Å²) in [6.07, 6.45) is 0. The fourth-order valence-electron chi connectivity index (χ4n) is 0.951. The van der Waals surface area contributed by atoms with Crippen LogP contribution in [0.3, 0.4) is 0 Å². The highest BCUT2D eigenvalue weighted by Gasteiger charge is 2.19. The quantitative estimate of drug-likeness (QED) is 0.888. The predicted octanol–water partition coefficient (Wildman–Crippen LogP) is 1.68. The summed E-state index contributed by atoms with van der Waals surface area (Å²) in [7, 11) is -3.55. The largest absolute Gasteiger partial charge is 0.329 e. The predicted molar refractivity (Wildman–Crippen MR) is 65.2 cm³/mol. The second-order valence-corrected chi connectivity index (χ2v) is 6.28. The lowest BCUT2D eigenvalue weighted by Gasteiger charge is -2.12. The van der Waals surface area contributed by atoms with Crippen molar-refractivity contribution in [1.29, 1.82) is 0 Å². The lowest BCUT2D eigenvalue weighted by Crippen LogP contribution is -2.31. The first-order valence-corrected chi connectivity index (χ1v) is 6.87. The van der Waals surface area contributed by atoms with Crippen LogP contribution in [-0.2, 0) is 10.0 Å². The topological polar surface area (TPSA) is 72.2 Å². The molecule has 0 heterocycles. The van der Waals surface area contributed by atoms with E-state index in [0.717, 1.165) is 6.07 Å². The van der Waals surface area contributed by atoms with Gasteiger partial charge in [0, 0.05) is 6.54 Å². The first-order valence-electron chi connectivity index (χ1n) is 4.53. The minimum atomic E-state index is -3.55. The monoisotopic (exact) mass is 310 g/mol. The molecule has 0 saturated heterocycles. The summed E-state index contributed by atoms with van der Waals surface area (Å²) in [6, 6.07) is 4.00. The molecule has 1 atom stereocenters. The third-order valence-electron chi connectivity index (χ3n) is 2.04. The van der Waals surface area contributed by atoms with Crippen LogP contribution in [0.15, 0.2) is 22.7 Å². The van der Waals surface area contributed by atoms with Gasteiger partial charge in [-0.2, -0.15) is 0 Å². The Kier molecular flexibility index (Phi) is 4.28. The molecule has 1 unspecified atom stereocenters. The maximum absolute atomic E-state index is 13.1. The Morgan fingerprint density at radius 3 is 2.69 bits per heavy atom. The molecule has 0 radical (unpaired) electrons. The van der Waals surface area contributed by atoms with E-state index in [2.05, 4.69) is 20.7 Å². The van der Waals surface area contributed by atoms with E-state index < -0.39 is 21.1 Å². The zero-order chi connectivity index (χ0) is 12.3. The molecule has 0 aliphatic heterocycles. The number of nitrogens with one attached hydrogen (secondary N) is 1. The molecule has 0 bridgehead atoms. The van der Waals surface area contributed by atoms with E-state index in [9.17, 15) is 12.8 Å². The summed E-state index contributed by atoms with van der Waals surface area (Å²) in [5.74, 6) is -0.527. The highest BCUT2D eigenvalue weighted by Crippen LogP contribution is 2.20. The van der Waals surface area contributed by atoms with Crippen LogP contribution in [0.4, 0.5) is 10.1 Å². The number of nitrogens with two attached hydrogens (primary N) is 1. The van der Waals surface area contributed by atoms with E-state index in [0.29, 0.717) is 0 Å². The van der Waals surface area contributed by atoms with Gasteiger partial charge in [-0.25, -0.2) is 12.8 Å². The van der Waals surface area contributed by atoms with Gasteiger partial charge in [-0.3, -0.25) is 4.72 Å². The highest BCUT2D eigenvalue weighted by molar-refractivity contribution is 9.10. The maximum atomic E-state index is 13.1. The van der Waals surface area contributed by atoms with E-state index >= 15 is 0 Å². The fraction of sp³-hybridized carbons (Fsp3) is 0.333. The molecule has 3 N–H and O–H groups in total. The molecule has 0 aliphatic carbocycles. The van der Waals surface area contributed by atoms with Gasteiger partial charge < -0.3 is 5.73 Å². The molecular formula is C9H12BrFN2O2S. The number of anilines is 1. The molecule has 90 valence electrons. The lowest BCUT2D eigenvalue weighted by atomic mass is 10.3. The van der Waals surface area contributed by atoms with Crippen molar-refractivity contribution >= 4 is 31.6 Å². The van der Waals surface area contributed by atoms with Crippen molar-refractivity contribution in [1.82, 2.24) is 0 Å². The van der Waals surface area contributed by atoms with Crippen LogP contribution in [0.1, 0.15) is 6.92 Å². The summed E-state index contributed by atoms with van der Waals surface area (Å²) in [4.78, 5) is 0. The molecule has 0 aromatic heterocycles. The lowest BCUT2D eigenvalue weighted by molar-refractivity contribution is 0.589. The third kappa shape index (κ3) is 3.16. The molecular weight excluding hydrogens is 299 g/mol. The van der Waals surface area contributed by atoms with Crippen LogP contribution in [0.5, 0.6) is 0 Å². The van der Waals surface area contributed by atoms with Gasteiger partial charge in [0.05, 0.1) is 15.4 Å². The van der Waals surface area contributed by atoms with Crippen molar-refractivity contribution < 1.29 is 12.8 Å². The minimum Gasteiger partial charge on any atom is -0.329 e. The molecule has 1 aromatic carbocycles. The van der Waals surface area contributed by atoms with Crippen molar-refractivity contribution in [3.8, 4) is 0 Å². The normalized spacial score (nSPS) is 13.5. The minimum absolute atomic E-state index is 0.00828. The summed E-state index contributed by atoms with van der Waals surface area (Å²) in [5.41, 5.74) is 5.45. The zero-order valence-electron chi connectivity index (χ0n) is 8.57. The number of rotatable bonds is 4. The van der Waals surface area contributed by atoms with Crippen molar-refractivity contribution in [2.75, 3.05) is 11.3 Å². The SMILES string of the molecule is CC(CN)S(=O)(=O)Nc1ccc(Br)c(F)c1. The Labute approximate surface area is 102 Å². The molecule has 1 aromatic rings. The molecule has 0 fully saturated rings. The Bertz CT molecular complexity index is 478. The van der Waals surface area contributed by atoms with Crippen LogP contribution < -0.4 is 10.5 Å². The summed E-state index contributed by atoms with van der Waals surface area (Å²) < 4.78 is 38.9. The molecule has 0 spiro atoms. The maximum Gasteiger partial charge on any atom is 0.236 e. The fourth-order valence-corrected chi connectivity index (χ4v) is 2.11. The van der Waals surface area contributed by atoms with Crippen molar-refractivity contribution in [3.05, 3.63) is 28.5 Å². The van der Waals surface area contributed by atoms with Crippen molar-refractivity contribution in [3.63, 3.8) is 0 Å². The summed E-state index contributed by atoms with van der Waals surface area (Å²) in [6.45, 7) is 1.49. The Hall–Kier alpha value is -0.660. The summed E-state index contributed by atoms with van der Waals surface area (Å²) >= 11 is 2.98. The van der Waals surface area contributed by atoms with Crippen LogP contribution in [0, 0.1) is 5.82 Å². The molecule has 1 rings (SSSR count). The second-order valence-electron chi connectivity index (χ2n) is 3.32. The molecule has 7 heteroatoms. The molecule has 16 heavy (non-hydrogen) atoms. The summed E-state index contributed by atoms with van der Waals surface area (Å²) in [5, 5.41) is -0.723. The first kappa shape index (κ1) is 13.4. The van der Waals surface area contributed by atoms with Gasteiger partial charge in [-0.15, -0.1) is 0 Å². The number of benzene rings is 1. The van der Waals surface area contributed by atoms with E-state index in [-0.39, 0.29) is 16.7 Å². The van der Waals surface area contributed by atoms with Gasteiger partial charge in [-0.05, 0) is 41.1 Å². The second kappa shape index (κ2) is 5.11. The van der Waals surface area contributed by atoms with Gasteiger partial charge in [-0.1, -0.05) is 0 Å². The average molecular weight is 311 g/mol. The van der Waals surface area contributed by atoms with Gasteiger partial charge in [0.1, 0.15) is 5.82 Å². The number of hydrogen-bond acceptors (Lipinski definition) is 3. The number of sulfonamides is 1. The molecule has 0 aliphatic rings. The van der Waals surface area contributed by atoms with Gasteiger partial charge in [0.15, 0.2) is 0 Å². The van der Waals surface area contributed by atoms with Crippen LogP contribution >= 0.6 is 15.9 Å². The van der Waals surface area contributed by atoms with Gasteiger partial charge in [0.2, 0.25) is 10.0 Å². The molecule has 0 amide bonds. The van der Waals surface area contributed by atoms with E-state index in [1.54, 1.807) is 0 Å². The van der Waals surface area contributed by atoms with E-state index in [1.807, 2.05) is 0 Å². The highest BCUT2D eigenvalue weighted by atomic mass is 79.9. The average Bonchev–Trinajstić information content (AvgIpc) is 2.22. The number of hydrogen-bond donors (Lipinski definition) is 2. The third-order valence-corrected chi connectivity index (χ3v) is 4.46. The zero-order valence-corrected chi connectivity index (χ0v) is 11.0. The first-order chi connectivity index (χ1) is 7.36. The van der Waals surface area contributed by atoms with Crippen LogP contribution in [0.2, 0.25) is 0 Å². The van der Waals surface area contributed by atoms with Crippen LogP contribution in [0.25, 0.3) is 0 Å². The van der Waals surface area contributed by atoms with Crippen molar-refractivity contribution in [2.45, 2.75) is 12.2 Å². The number of halogens is 2. The van der Waals surface area contributed by atoms with E-state index in [4.69, 9.17) is 5.73 Å². The van der Waals surface area contributed by atoms with Gasteiger partial charge in [0.25, 0.3) is 0 Å². The van der Waals surface area contributed by atoms with Crippen LogP contribution in [-0.4, -0.2) is 20.2 Å². The Balaban J connectivity index is 2.93. The van der Waals surface area contributed by atoms with Gasteiger partial charge >= 0.3 is 0 Å². The molecule has 4 nitrogen and oxygen atoms in total. The van der Waals surface area contributed by atoms with Crippen molar-refractivity contribution in [2.24, 2.45) is 5.73 Å². The van der Waals surface area contributed by atoms with E-state index in [1.165, 1.54) is 19.1 Å². The molecule has 0 saturated carbocycles. The Morgan fingerprint density at radius 1 is 1.56 bits per heavy atom. The smallest absolute Gasteiger partial charge is 0.236 e. The Morgan fingerprint density at radius 2 is 2.19 bits per heavy atom. The standard InChI is InChI=1S/C9H12BrFN2O2S/c1-6(5-12)16(14,15)13-7-2-3-8(10)9(11)4-7/h2-4,6,13H,5,12H2,1H3.